The first-order valence-corrected chi connectivity index (χ1v) is 10.4. The van der Waals surface area contributed by atoms with Crippen LogP contribution in [0.25, 0.3) is 5.69 Å². The smallest absolute Gasteiger partial charge is 0.369 e. The van der Waals surface area contributed by atoms with Crippen molar-refractivity contribution in [2.75, 3.05) is 11.1 Å². The molecule has 0 aliphatic rings. The summed E-state index contributed by atoms with van der Waals surface area (Å²) in [6.07, 6.45) is -4.02. The standard InChI is InChI=1S/C17H13ClF3N5O2S2/c1-8-15(29-7-12(22)27)30-16(24-8)25-14(28)11-6-23-26(13(11)17(19,20)21)10-4-2-3-9(18)5-10/h2-6H,7H2,1H3,(H2,22,27)(H,24,25,28). The predicted molar refractivity (Wildman–Crippen MR) is 108 cm³/mol. The molecule has 3 aromatic rings. The number of primary amides is 1. The van der Waals surface area contributed by atoms with E-state index in [0.29, 0.717) is 14.6 Å². The second kappa shape index (κ2) is 8.66. The van der Waals surface area contributed by atoms with Crippen LogP contribution in [0, 0.1) is 6.92 Å². The van der Waals surface area contributed by atoms with Crippen LogP contribution in [0.3, 0.4) is 0 Å². The Kier molecular flexibility index (Phi) is 6.38. The first-order chi connectivity index (χ1) is 14.1. The minimum Gasteiger partial charge on any atom is -0.369 e. The molecule has 0 aliphatic carbocycles. The molecule has 0 unspecified atom stereocenters. The molecule has 2 amide bonds. The fourth-order valence-electron chi connectivity index (χ4n) is 2.46. The number of alkyl halides is 3. The highest BCUT2D eigenvalue weighted by atomic mass is 35.5. The summed E-state index contributed by atoms with van der Waals surface area (Å²) < 4.78 is 42.4. The third-order valence-electron chi connectivity index (χ3n) is 3.66. The molecule has 0 saturated carbocycles. The van der Waals surface area contributed by atoms with Gasteiger partial charge in [0.2, 0.25) is 5.91 Å². The van der Waals surface area contributed by atoms with E-state index in [1.165, 1.54) is 24.3 Å². The molecule has 0 spiro atoms. The van der Waals surface area contributed by atoms with Gasteiger partial charge in [0.15, 0.2) is 10.8 Å². The van der Waals surface area contributed by atoms with Crippen LogP contribution in [0.5, 0.6) is 0 Å². The average molecular weight is 476 g/mol. The number of aromatic nitrogens is 3. The molecule has 0 aliphatic heterocycles. The number of amides is 2. The molecule has 13 heteroatoms. The van der Waals surface area contributed by atoms with Gasteiger partial charge in [0.1, 0.15) is 0 Å². The zero-order valence-electron chi connectivity index (χ0n) is 15.2. The van der Waals surface area contributed by atoms with E-state index in [9.17, 15) is 22.8 Å². The quantitative estimate of drug-likeness (QED) is 0.521. The average Bonchev–Trinajstić information content (AvgIpc) is 3.23. The number of nitrogens with one attached hydrogen (secondary N) is 1. The Morgan fingerprint density at radius 2 is 2.10 bits per heavy atom. The van der Waals surface area contributed by atoms with Crippen molar-refractivity contribution >= 4 is 51.6 Å². The van der Waals surface area contributed by atoms with E-state index in [-0.39, 0.29) is 21.6 Å². The van der Waals surface area contributed by atoms with Gasteiger partial charge in [0.05, 0.1) is 33.1 Å². The number of carbonyl (C=O) groups is 2. The first kappa shape index (κ1) is 22.1. The Labute approximate surface area is 181 Å². The van der Waals surface area contributed by atoms with Crippen molar-refractivity contribution in [1.29, 1.82) is 0 Å². The van der Waals surface area contributed by atoms with Gasteiger partial charge in [0.25, 0.3) is 5.91 Å². The third-order valence-corrected chi connectivity index (χ3v) is 6.35. The minimum atomic E-state index is -4.85. The second-order valence-electron chi connectivity index (χ2n) is 5.90. The molecule has 2 heterocycles. The number of nitrogens with two attached hydrogens (primary N) is 1. The molecule has 0 fully saturated rings. The van der Waals surface area contributed by atoms with Crippen LogP contribution >= 0.6 is 34.7 Å². The number of benzene rings is 1. The highest BCUT2D eigenvalue weighted by Crippen LogP contribution is 2.35. The van der Waals surface area contributed by atoms with Crippen LogP contribution in [0.1, 0.15) is 21.7 Å². The number of aryl methyl sites for hydroxylation is 1. The van der Waals surface area contributed by atoms with Gasteiger partial charge in [-0.25, -0.2) is 9.67 Å². The molecule has 30 heavy (non-hydrogen) atoms. The Morgan fingerprint density at radius 3 is 2.73 bits per heavy atom. The number of anilines is 1. The fourth-order valence-corrected chi connectivity index (χ4v) is 4.52. The summed E-state index contributed by atoms with van der Waals surface area (Å²) in [5, 5.41) is 6.40. The molecular weight excluding hydrogens is 463 g/mol. The number of nitrogens with zero attached hydrogens (tertiary/aromatic N) is 3. The third kappa shape index (κ3) is 4.94. The summed E-state index contributed by atoms with van der Waals surface area (Å²) in [6, 6.07) is 5.68. The Bertz CT molecular complexity index is 1110. The topological polar surface area (TPSA) is 103 Å². The summed E-state index contributed by atoms with van der Waals surface area (Å²) in [5.74, 6) is -1.53. The molecule has 0 atom stereocenters. The minimum absolute atomic E-state index is 0.0149. The summed E-state index contributed by atoms with van der Waals surface area (Å²) in [7, 11) is 0. The van der Waals surface area contributed by atoms with E-state index in [4.69, 9.17) is 17.3 Å². The number of halogens is 4. The van der Waals surface area contributed by atoms with Gasteiger partial charge in [-0.3, -0.25) is 14.9 Å². The lowest BCUT2D eigenvalue weighted by atomic mass is 10.2. The summed E-state index contributed by atoms with van der Waals surface area (Å²) in [4.78, 5) is 27.6. The predicted octanol–water partition coefficient (Wildman–Crippen LogP) is 4.14. The van der Waals surface area contributed by atoms with E-state index in [0.717, 1.165) is 29.3 Å². The first-order valence-electron chi connectivity index (χ1n) is 8.17. The molecular formula is C17H13ClF3N5O2S2. The number of thiazole rings is 1. The van der Waals surface area contributed by atoms with Gasteiger partial charge < -0.3 is 5.73 Å². The molecule has 3 N–H and O–H groups in total. The van der Waals surface area contributed by atoms with E-state index >= 15 is 0 Å². The molecule has 2 aromatic heterocycles. The number of thioether (sulfide) groups is 1. The van der Waals surface area contributed by atoms with Crippen molar-refractivity contribution in [3.63, 3.8) is 0 Å². The fraction of sp³-hybridized carbons (Fsp3) is 0.176. The number of hydrogen-bond donors (Lipinski definition) is 2. The summed E-state index contributed by atoms with van der Waals surface area (Å²) in [6.45, 7) is 1.65. The van der Waals surface area contributed by atoms with Gasteiger partial charge in [0, 0.05) is 5.02 Å². The zero-order valence-corrected chi connectivity index (χ0v) is 17.5. The van der Waals surface area contributed by atoms with Gasteiger partial charge >= 0.3 is 6.18 Å². The van der Waals surface area contributed by atoms with Crippen molar-refractivity contribution in [1.82, 2.24) is 14.8 Å². The Balaban J connectivity index is 1.92. The van der Waals surface area contributed by atoms with Crippen molar-refractivity contribution in [2.24, 2.45) is 5.73 Å². The van der Waals surface area contributed by atoms with Crippen LogP contribution in [0.15, 0.2) is 34.7 Å². The van der Waals surface area contributed by atoms with Crippen LogP contribution in [0.2, 0.25) is 5.02 Å². The SMILES string of the molecule is Cc1nc(NC(=O)c2cnn(-c3cccc(Cl)c3)c2C(F)(F)F)sc1SCC(N)=O. The molecule has 158 valence electrons. The monoisotopic (exact) mass is 475 g/mol. The molecule has 7 nitrogen and oxygen atoms in total. The molecule has 0 saturated heterocycles. The maximum absolute atomic E-state index is 13.7. The molecule has 3 rings (SSSR count). The lowest BCUT2D eigenvalue weighted by Crippen LogP contribution is -2.20. The number of rotatable bonds is 6. The lowest BCUT2D eigenvalue weighted by molar-refractivity contribution is -0.143. The molecule has 1 aromatic carbocycles. The van der Waals surface area contributed by atoms with E-state index in [1.807, 2.05) is 0 Å². The summed E-state index contributed by atoms with van der Waals surface area (Å²) in [5.41, 5.74) is 3.78. The number of carbonyl (C=O) groups excluding carboxylic acids is 2. The lowest BCUT2D eigenvalue weighted by Gasteiger charge is -2.12. The van der Waals surface area contributed by atoms with E-state index in [2.05, 4.69) is 15.4 Å². The van der Waals surface area contributed by atoms with Crippen molar-refractivity contribution < 1.29 is 22.8 Å². The largest absolute Gasteiger partial charge is 0.434 e. The Morgan fingerprint density at radius 1 is 1.37 bits per heavy atom. The second-order valence-corrected chi connectivity index (χ2v) is 8.58. The van der Waals surface area contributed by atoms with Crippen LogP contribution < -0.4 is 11.1 Å². The van der Waals surface area contributed by atoms with Crippen molar-refractivity contribution in [3.8, 4) is 5.69 Å². The van der Waals surface area contributed by atoms with Crippen molar-refractivity contribution in [3.05, 3.63) is 52.4 Å². The highest BCUT2D eigenvalue weighted by molar-refractivity contribution is 8.01. The highest BCUT2D eigenvalue weighted by Gasteiger charge is 2.40. The molecule has 0 radical (unpaired) electrons. The van der Waals surface area contributed by atoms with E-state index in [1.54, 1.807) is 6.92 Å². The maximum atomic E-state index is 13.7. The normalized spacial score (nSPS) is 11.5. The van der Waals surface area contributed by atoms with Crippen LogP contribution in [-0.2, 0) is 11.0 Å². The van der Waals surface area contributed by atoms with Gasteiger partial charge in [-0.05, 0) is 25.1 Å². The molecule has 0 bridgehead atoms. The van der Waals surface area contributed by atoms with E-state index < -0.39 is 29.2 Å². The van der Waals surface area contributed by atoms with Crippen LogP contribution in [0.4, 0.5) is 18.3 Å². The zero-order chi connectivity index (χ0) is 22.1. The number of hydrogen-bond acceptors (Lipinski definition) is 6. The van der Waals surface area contributed by atoms with Crippen LogP contribution in [-0.4, -0.2) is 32.3 Å². The van der Waals surface area contributed by atoms with Crippen molar-refractivity contribution in [2.45, 2.75) is 17.3 Å². The summed E-state index contributed by atoms with van der Waals surface area (Å²) >= 11 is 8.02. The van der Waals surface area contributed by atoms with Gasteiger partial charge in [-0.1, -0.05) is 29.0 Å². The Hall–Kier alpha value is -2.57. The van der Waals surface area contributed by atoms with Gasteiger partial charge in [-0.15, -0.1) is 11.8 Å². The maximum Gasteiger partial charge on any atom is 0.434 e. The van der Waals surface area contributed by atoms with Gasteiger partial charge in [-0.2, -0.15) is 18.3 Å².